The van der Waals surface area contributed by atoms with Gasteiger partial charge in [0.25, 0.3) is 0 Å². The summed E-state index contributed by atoms with van der Waals surface area (Å²) in [6.45, 7) is 2.78. The van der Waals surface area contributed by atoms with Crippen LogP contribution in [0.4, 0.5) is 0 Å². The Hall–Kier alpha value is -2.60. The molecule has 0 spiro atoms. The predicted octanol–water partition coefficient (Wildman–Crippen LogP) is 1.05. The molecule has 0 amide bonds. The molecule has 0 radical (unpaired) electrons. The minimum Gasteiger partial charge on any atom is -0.550 e. The SMILES string of the molecule is C[C@@H](CCOC(=O)[C@@H](CC(=O)[O-])[NH2+]Cc1ccco1)CCc1ccccc1. The number of carboxylic acids is 1. The first-order valence-corrected chi connectivity index (χ1v) is 9.30. The molecule has 0 aliphatic rings. The molecule has 0 fully saturated rings. The molecule has 1 aromatic heterocycles. The number of esters is 1. The predicted molar refractivity (Wildman–Crippen MR) is 97.3 cm³/mol. The zero-order valence-corrected chi connectivity index (χ0v) is 15.6. The number of quaternary nitrogens is 1. The third kappa shape index (κ3) is 8.09. The van der Waals surface area contributed by atoms with Crippen molar-refractivity contribution >= 4 is 11.9 Å². The van der Waals surface area contributed by atoms with E-state index in [0.717, 1.165) is 19.3 Å². The number of ether oxygens (including phenoxy) is 1. The monoisotopic (exact) mass is 373 g/mol. The smallest absolute Gasteiger partial charge is 0.365 e. The van der Waals surface area contributed by atoms with E-state index in [0.29, 0.717) is 18.2 Å². The van der Waals surface area contributed by atoms with Gasteiger partial charge in [-0.2, -0.15) is 0 Å². The first kappa shape index (κ1) is 20.7. The van der Waals surface area contributed by atoms with Gasteiger partial charge in [-0.05, 0) is 42.9 Å². The summed E-state index contributed by atoms with van der Waals surface area (Å²) in [6, 6.07) is 12.9. The van der Waals surface area contributed by atoms with Crippen LogP contribution in [0, 0.1) is 5.92 Å². The first-order valence-electron chi connectivity index (χ1n) is 9.30. The molecule has 1 aromatic carbocycles. The summed E-state index contributed by atoms with van der Waals surface area (Å²) in [5.41, 5.74) is 1.29. The summed E-state index contributed by atoms with van der Waals surface area (Å²) >= 11 is 0. The number of aryl methyl sites for hydroxylation is 1. The third-order valence-electron chi connectivity index (χ3n) is 4.50. The van der Waals surface area contributed by atoms with Crippen molar-refractivity contribution in [1.82, 2.24) is 0 Å². The van der Waals surface area contributed by atoms with Crippen LogP contribution in [0.5, 0.6) is 0 Å². The highest BCUT2D eigenvalue weighted by molar-refractivity contribution is 5.79. The second-order valence-electron chi connectivity index (χ2n) is 6.79. The highest BCUT2D eigenvalue weighted by atomic mass is 16.5. The van der Waals surface area contributed by atoms with Gasteiger partial charge in [0.05, 0.1) is 19.3 Å². The van der Waals surface area contributed by atoms with Gasteiger partial charge in [-0.1, -0.05) is 37.3 Å². The number of furan rings is 1. The van der Waals surface area contributed by atoms with Crippen LogP contribution < -0.4 is 10.4 Å². The van der Waals surface area contributed by atoms with E-state index in [4.69, 9.17) is 9.15 Å². The summed E-state index contributed by atoms with van der Waals surface area (Å²) in [4.78, 5) is 23.1. The van der Waals surface area contributed by atoms with E-state index in [1.807, 2.05) is 18.2 Å². The lowest BCUT2D eigenvalue weighted by Gasteiger charge is -2.16. The maximum atomic E-state index is 12.2. The molecule has 1 heterocycles. The van der Waals surface area contributed by atoms with Gasteiger partial charge in [-0.3, -0.25) is 0 Å². The summed E-state index contributed by atoms with van der Waals surface area (Å²) in [5.74, 6) is -0.727. The van der Waals surface area contributed by atoms with Crippen molar-refractivity contribution in [2.24, 2.45) is 5.92 Å². The van der Waals surface area contributed by atoms with Gasteiger partial charge in [0.1, 0.15) is 6.54 Å². The number of hydrogen-bond acceptors (Lipinski definition) is 5. The van der Waals surface area contributed by atoms with E-state index in [-0.39, 0.29) is 13.0 Å². The summed E-state index contributed by atoms with van der Waals surface area (Å²) in [6.07, 6.45) is 3.89. The van der Waals surface area contributed by atoms with Gasteiger partial charge < -0.3 is 24.4 Å². The van der Waals surface area contributed by atoms with Gasteiger partial charge in [-0.15, -0.1) is 0 Å². The molecular weight excluding hydrogens is 346 g/mol. The Morgan fingerprint density at radius 3 is 2.59 bits per heavy atom. The van der Waals surface area contributed by atoms with Gasteiger partial charge >= 0.3 is 5.97 Å². The van der Waals surface area contributed by atoms with E-state index in [1.54, 1.807) is 17.4 Å². The van der Waals surface area contributed by atoms with Crippen LogP contribution in [-0.2, 0) is 27.3 Å². The molecule has 2 atom stereocenters. The number of nitrogens with two attached hydrogens (primary N) is 1. The second-order valence-corrected chi connectivity index (χ2v) is 6.79. The average molecular weight is 373 g/mol. The maximum Gasteiger partial charge on any atom is 0.365 e. The maximum absolute atomic E-state index is 12.2. The Bertz CT molecular complexity index is 684. The van der Waals surface area contributed by atoms with Crippen LogP contribution in [0.3, 0.4) is 0 Å². The zero-order chi connectivity index (χ0) is 19.5. The van der Waals surface area contributed by atoms with Crippen LogP contribution in [0.15, 0.2) is 53.1 Å². The van der Waals surface area contributed by atoms with Crippen LogP contribution >= 0.6 is 0 Å². The zero-order valence-electron chi connectivity index (χ0n) is 15.6. The van der Waals surface area contributed by atoms with E-state index in [1.165, 1.54) is 11.8 Å². The van der Waals surface area contributed by atoms with Crippen LogP contribution in [-0.4, -0.2) is 24.6 Å². The van der Waals surface area contributed by atoms with Crippen molar-refractivity contribution in [1.29, 1.82) is 0 Å². The number of aliphatic carboxylic acids is 1. The fourth-order valence-electron chi connectivity index (χ4n) is 2.80. The molecule has 2 N–H and O–H groups in total. The second kappa shape index (κ2) is 11.2. The summed E-state index contributed by atoms with van der Waals surface area (Å²) < 4.78 is 10.5. The Morgan fingerprint density at radius 1 is 1.15 bits per heavy atom. The summed E-state index contributed by atoms with van der Waals surface area (Å²) in [7, 11) is 0. The lowest BCUT2D eigenvalue weighted by atomic mass is 9.99. The topological polar surface area (TPSA) is 96.2 Å². The quantitative estimate of drug-likeness (QED) is 0.561. The largest absolute Gasteiger partial charge is 0.550 e. The minimum absolute atomic E-state index is 0.285. The Balaban J connectivity index is 1.70. The highest BCUT2D eigenvalue weighted by Gasteiger charge is 2.24. The Kier molecular flexibility index (Phi) is 8.58. The van der Waals surface area contributed by atoms with E-state index in [9.17, 15) is 14.7 Å². The minimum atomic E-state index is -1.27. The lowest BCUT2D eigenvalue weighted by Crippen LogP contribution is -2.91. The fraction of sp³-hybridized carbons (Fsp3) is 0.429. The normalized spacial score (nSPS) is 13.1. The van der Waals surface area contributed by atoms with Gasteiger partial charge in [-0.25, -0.2) is 4.79 Å². The van der Waals surface area contributed by atoms with E-state index in [2.05, 4.69) is 19.1 Å². The molecule has 146 valence electrons. The van der Waals surface area contributed by atoms with Gasteiger partial charge in [0, 0.05) is 5.97 Å². The van der Waals surface area contributed by atoms with Crippen LogP contribution in [0.25, 0.3) is 0 Å². The summed E-state index contributed by atoms with van der Waals surface area (Å²) in [5, 5.41) is 12.5. The fourth-order valence-corrected chi connectivity index (χ4v) is 2.80. The molecular formula is C21H27NO5. The Labute approximate surface area is 159 Å². The van der Waals surface area contributed by atoms with Crippen molar-refractivity contribution in [3.63, 3.8) is 0 Å². The highest BCUT2D eigenvalue weighted by Crippen LogP contribution is 2.13. The number of rotatable bonds is 12. The lowest BCUT2D eigenvalue weighted by molar-refractivity contribution is -0.694. The third-order valence-corrected chi connectivity index (χ3v) is 4.50. The van der Waals surface area contributed by atoms with Crippen molar-refractivity contribution in [3.05, 3.63) is 60.1 Å². The molecule has 0 saturated carbocycles. The standard InChI is InChI=1S/C21H27NO5/c1-16(9-10-17-6-3-2-4-7-17)11-13-27-21(25)19(14-20(23)24)22-15-18-8-5-12-26-18/h2-8,12,16,19,22H,9-11,13-15H2,1H3,(H,23,24)/t16-,19-/m1/s1. The van der Waals surface area contributed by atoms with Crippen LogP contribution in [0.1, 0.15) is 37.5 Å². The van der Waals surface area contributed by atoms with Gasteiger partial charge in [0.2, 0.25) is 0 Å². The molecule has 2 rings (SSSR count). The molecule has 2 aromatic rings. The molecule has 0 unspecified atom stereocenters. The van der Waals surface area contributed by atoms with E-state index >= 15 is 0 Å². The number of benzene rings is 1. The number of carboxylic acid groups (broad SMARTS) is 1. The molecule has 6 heteroatoms. The Morgan fingerprint density at radius 2 is 1.93 bits per heavy atom. The first-order chi connectivity index (χ1) is 13.0. The van der Waals surface area contributed by atoms with Gasteiger partial charge in [0.15, 0.2) is 11.8 Å². The van der Waals surface area contributed by atoms with Crippen molar-refractivity contribution in [2.75, 3.05) is 6.61 Å². The molecule has 0 aliphatic carbocycles. The number of hydrogen-bond donors (Lipinski definition) is 1. The van der Waals surface area contributed by atoms with Crippen molar-refractivity contribution < 1.29 is 29.2 Å². The van der Waals surface area contributed by atoms with E-state index < -0.39 is 18.0 Å². The molecule has 6 nitrogen and oxygen atoms in total. The molecule has 0 bridgehead atoms. The molecule has 0 saturated heterocycles. The van der Waals surface area contributed by atoms with Crippen LogP contribution in [0.2, 0.25) is 0 Å². The number of carbonyl (C=O) groups excluding carboxylic acids is 2. The van der Waals surface area contributed by atoms with Crippen molar-refractivity contribution in [2.45, 2.75) is 45.2 Å². The molecule has 27 heavy (non-hydrogen) atoms. The molecule has 0 aliphatic heterocycles. The number of carbonyl (C=O) groups is 2. The average Bonchev–Trinajstić information content (AvgIpc) is 3.17. The van der Waals surface area contributed by atoms with Crippen molar-refractivity contribution in [3.8, 4) is 0 Å².